The Balaban J connectivity index is 2.91. The van der Waals surface area contributed by atoms with E-state index in [2.05, 4.69) is 0 Å². The number of ether oxygens (including phenoxy) is 2. The van der Waals surface area contributed by atoms with Gasteiger partial charge in [-0.1, -0.05) is 0 Å². The molecule has 1 aliphatic rings. The first-order valence-electron chi connectivity index (χ1n) is 6.97. The second-order valence-electron chi connectivity index (χ2n) is 5.31. The summed E-state index contributed by atoms with van der Waals surface area (Å²) >= 11 is 0. The van der Waals surface area contributed by atoms with Crippen LogP contribution in [-0.4, -0.2) is 121 Å². The van der Waals surface area contributed by atoms with E-state index in [-0.39, 0.29) is 0 Å². The predicted molar refractivity (Wildman–Crippen MR) is 70.9 cm³/mol. The van der Waals surface area contributed by atoms with E-state index in [0.717, 1.165) is 0 Å². The monoisotopic (exact) mass is 344 g/mol. The molecule has 23 heavy (non-hydrogen) atoms. The molecular weight excluding hydrogens is 320 g/mol. The lowest BCUT2D eigenvalue weighted by Crippen LogP contribution is -2.56. The van der Waals surface area contributed by atoms with Gasteiger partial charge in [0.2, 0.25) is 5.79 Å². The molecule has 11 heteroatoms. The molecule has 1 fully saturated rings. The number of hydrogen-bond donors (Lipinski definition) is 9. The highest BCUT2D eigenvalue weighted by atomic mass is 16.7. The van der Waals surface area contributed by atoms with Gasteiger partial charge in [0, 0.05) is 0 Å². The average molecular weight is 344 g/mol. The Hall–Kier alpha value is -0.440. The van der Waals surface area contributed by atoms with E-state index in [1.54, 1.807) is 0 Å². The molecule has 0 aromatic carbocycles. The van der Waals surface area contributed by atoms with Crippen LogP contribution in [0.5, 0.6) is 0 Å². The normalized spacial score (nSPS) is 36.7. The van der Waals surface area contributed by atoms with Crippen LogP contribution in [0.25, 0.3) is 0 Å². The fraction of sp³-hybridized carbons (Fsp3) is 1.00. The van der Waals surface area contributed by atoms with Crippen LogP contribution in [0.1, 0.15) is 0 Å². The minimum absolute atomic E-state index is 0.693. The van der Waals surface area contributed by atoms with E-state index < -0.39 is 74.9 Å². The number of aliphatic hydroxyl groups is 9. The van der Waals surface area contributed by atoms with Crippen molar-refractivity contribution in [1.29, 1.82) is 0 Å². The highest BCUT2D eigenvalue weighted by molar-refractivity contribution is 4.98. The van der Waals surface area contributed by atoms with Crippen molar-refractivity contribution in [2.45, 2.75) is 48.5 Å². The lowest BCUT2D eigenvalue weighted by molar-refractivity contribution is -0.313. The van der Waals surface area contributed by atoms with Gasteiger partial charge in [-0.2, -0.15) is 0 Å². The van der Waals surface area contributed by atoms with Gasteiger partial charge in [0.05, 0.1) is 19.8 Å². The molecule has 138 valence electrons. The number of hydrogen-bond acceptors (Lipinski definition) is 11. The van der Waals surface area contributed by atoms with Gasteiger partial charge in [-0.15, -0.1) is 0 Å². The van der Waals surface area contributed by atoms with Crippen LogP contribution < -0.4 is 0 Å². The Morgan fingerprint density at radius 1 is 0.957 bits per heavy atom. The zero-order valence-corrected chi connectivity index (χ0v) is 12.2. The van der Waals surface area contributed by atoms with Gasteiger partial charge in [-0.05, 0) is 0 Å². The summed E-state index contributed by atoms with van der Waals surface area (Å²) in [6.45, 7) is -3.47. The van der Waals surface area contributed by atoms with Crippen LogP contribution in [0.15, 0.2) is 0 Å². The number of aliphatic hydroxyl groups excluding tert-OH is 9. The first kappa shape index (κ1) is 20.6. The van der Waals surface area contributed by atoms with Crippen molar-refractivity contribution < 1.29 is 55.4 Å². The van der Waals surface area contributed by atoms with E-state index in [1.807, 2.05) is 0 Å². The molecule has 0 aromatic heterocycles. The van der Waals surface area contributed by atoms with Gasteiger partial charge < -0.3 is 55.4 Å². The van der Waals surface area contributed by atoms with Crippen molar-refractivity contribution in [2.75, 3.05) is 26.4 Å². The summed E-state index contributed by atoms with van der Waals surface area (Å²) < 4.78 is 10.2. The summed E-state index contributed by atoms with van der Waals surface area (Å²) in [6, 6.07) is 0. The van der Waals surface area contributed by atoms with Crippen LogP contribution in [0, 0.1) is 0 Å². The summed E-state index contributed by atoms with van der Waals surface area (Å²) in [4.78, 5) is 0. The lowest BCUT2D eigenvalue weighted by atomic mass is 10.0. The smallest absolute Gasteiger partial charge is 0.222 e. The van der Waals surface area contributed by atoms with E-state index >= 15 is 0 Å². The lowest BCUT2D eigenvalue weighted by Gasteiger charge is -2.36. The molecule has 1 saturated heterocycles. The molecule has 0 aromatic rings. The van der Waals surface area contributed by atoms with Crippen LogP contribution >= 0.6 is 0 Å². The second-order valence-corrected chi connectivity index (χ2v) is 5.31. The summed E-state index contributed by atoms with van der Waals surface area (Å²) in [6.07, 6.45) is -11.9. The third kappa shape index (κ3) is 4.15. The van der Waals surface area contributed by atoms with Gasteiger partial charge in [0.15, 0.2) is 0 Å². The number of rotatable bonds is 9. The van der Waals surface area contributed by atoms with E-state index in [4.69, 9.17) is 19.7 Å². The summed E-state index contributed by atoms with van der Waals surface area (Å²) in [7, 11) is 0. The zero-order valence-electron chi connectivity index (χ0n) is 12.2. The van der Waals surface area contributed by atoms with Gasteiger partial charge in [-0.3, -0.25) is 0 Å². The van der Waals surface area contributed by atoms with Crippen LogP contribution in [0.4, 0.5) is 0 Å². The van der Waals surface area contributed by atoms with Crippen molar-refractivity contribution in [2.24, 2.45) is 0 Å². The molecule has 0 aliphatic carbocycles. The highest BCUT2D eigenvalue weighted by Crippen LogP contribution is 2.34. The SMILES string of the molecule is OC[C@@H](O)[C@@H](O)[C@H](O)[C@@H](CO)O[C@]1(CO)O[C@H](CO)[C@@H](O)[C@@H]1O. The Bertz CT molecular complexity index is 356. The highest BCUT2D eigenvalue weighted by Gasteiger charge is 2.56. The predicted octanol–water partition coefficient (Wildman–Crippen LogP) is -5.76. The minimum atomic E-state index is -2.26. The van der Waals surface area contributed by atoms with Crippen molar-refractivity contribution in [3.63, 3.8) is 0 Å². The van der Waals surface area contributed by atoms with Gasteiger partial charge in [-0.25, -0.2) is 0 Å². The maximum absolute atomic E-state index is 9.94. The van der Waals surface area contributed by atoms with Gasteiger partial charge >= 0.3 is 0 Å². The molecule has 0 amide bonds. The molecule has 8 atom stereocenters. The molecule has 1 heterocycles. The van der Waals surface area contributed by atoms with Crippen molar-refractivity contribution in [1.82, 2.24) is 0 Å². The third-order valence-electron chi connectivity index (χ3n) is 3.75. The second kappa shape index (κ2) is 8.60. The fourth-order valence-corrected chi connectivity index (χ4v) is 2.30. The molecule has 0 bridgehead atoms. The van der Waals surface area contributed by atoms with Gasteiger partial charge in [0.25, 0.3) is 0 Å². The summed E-state index contributed by atoms with van der Waals surface area (Å²) in [5.74, 6) is -2.26. The largest absolute Gasteiger partial charge is 0.394 e. The Labute approximate surface area is 131 Å². The third-order valence-corrected chi connectivity index (χ3v) is 3.75. The maximum Gasteiger partial charge on any atom is 0.222 e. The van der Waals surface area contributed by atoms with Crippen LogP contribution in [0.3, 0.4) is 0 Å². The van der Waals surface area contributed by atoms with E-state index in [1.165, 1.54) is 0 Å². The Morgan fingerprint density at radius 3 is 1.96 bits per heavy atom. The molecule has 11 nitrogen and oxygen atoms in total. The van der Waals surface area contributed by atoms with Crippen LogP contribution in [-0.2, 0) is 9.47 Å². The molecule has 1 aliphatic heterocycles. The zero-order chi connectivity index (χ0) is 17.8. The molecule has 0 saturated carbocycles. The summed E-state index contributed by atoms with van der Waals surface area (Å²) in [5.41, 5.74) is 0. The quantitative estimate of drug-likeness (QED) is 0.193. The molecule has 9 N–H and O–H groups in total. The first-order valence-corrected chi connectivity index (χ1v) is 6.97. The molecule has 0 unspecified atom stereocenters. The van der Waals surface area contributed by atoms with E-state index in [0.29, 0.717) is 0 Å². The Kier molecular flexibility index (Phi) is 7.70. The fourth-order valence-electron chi connectivity index (χ4n) is 2.30. The van der Waals surface area contributed by atoms with E-state index in [9.17, 15) is 35.7 Å². The Morgan fingerprint density at radius 2 is 1.57 bits per heavy atom. The molecular formula is C12H24O11. The first-order chi connectivity index (χ1) is 10.8. The topological polar surface area (TPSA) is 201 Å². The van der Waals surface area contributed by atoms with Gasteiger partial charge in [0.1, 0.15) is 49.3 Å². The van der Waals surface area contributed by atoms with Crippen molar-refractivity contribution in [3.8, 4) is 0 Å². The average Bonchev–Trinajstić information content (AvgIpc) is 2.82. The van der Waals surface area contributed by atoms with Crippen LogP contribution in [0.2, 0.25) is 0 Å². The molecule has 0 spiro atoms. The maximum atomic E-state index is 9.94. The van der Waals surface area contributed by atoms with Crippen molar-refractivity contribution >= 4 is 0 Å². The molecule has 0 radical (unpaired) electrons. The summed E-state index contributed by atoms with van der Waals surface area (Å²) in [5, 5.41) is 84.9. The van der Waals surface area contributed by atoms with Crippen molar-refractivity contribution in [3.05, 3.63) is 0 Å². The standard InChI is InChI=1S/C12H24O11/c13-1-5(17)8(18)9(19)6(2-14)22-12(4-16)11(21)10(20)7(3-15)23-12/h5-11,13-21H,1-4H2/t5-,6-,7-,8-,9-,10-,11+,12-/m1/s1. The minimum Gasteiger partial charge on any atom is -0.394 e. The molecule has 1 rings (SSSR count).